The maximum atomic E-state index is 6.19. The second kappa shape index (κ2) is 5.64. The minimum absolute atomic E-state index is 0.186. The number of piperidine rings is 1. The monoisotopic (exact) mass is 352 g/mol. The summed E-state index contributed by atoms with van der Waals surface area (Å²) in [5.41, 5.74) is 4.27. The van der Waals surface area contributed by atoms with Crippen LogP contribution >= 0.6 is 0 Å². The molecular weight excluding hydrogens is 328 g/mol. The summed E-state index contributed by atoms with van der Waals surface area (Å²) in [4.78, 5) is 16.2. The van der Waals surface area contributed by atoms with E-state index in [2.05, 4.69) is 41.7 Å². The molecule has 3 aromatic rings. The Labute approximate surface area is 152 Å². The highest BCUT2D eigenvalue weighted by Crippen LogP contribution is 2.36. The van der Waals surface area contributed by atoms with E-state index < -0.39 is 0 Å². The SMILES string of the molecule is C[C@H]1CCCN(c2ncnc3c2oc2nc4c(cc23)COC(C)(C)C4)C1. The molecule has 0 unspecified atom stereocenters. The van der Waals surface area contributed by atoms with Gasteiger partial charge in [0.1, 0.15) is 11.8 Å². The van der Waals surface area contributed by atoms with Gasteiger partial charge in [0.15, 0.2) is 11.4 Å². The maximum Gasteiger partial charge on any atom is 0.229 e. The highest BCUT2D eigenvalue weighted by atomic mass is 16.5. The topological polar surface area (TPSA) is 64.3 Å². The van der Waals surface area contributed by atoms with E-state index in [9.17, 15) is 0 Å². The van der Waals surface area contributed by atoms with Gasteiger partial charge in [-0.15, -0.1) is 0 Å². The second-order valence-electron chi connectivity index (χ2n) is 8.34. The van der Waals surface area contributed by atoms with Gasteiger partial charge in [0, 0.05) is 25.1 Å². The van der Waals surface area contributed by atoms with Gasteiger partial charge in [0.2, 0.25) is 5.71 Å². The zero-order chi connectivity index (χ0) is 17.9. The van der Waals surface area contributed by atoms with Gasteiger partial charge in [-0.25, -0.2) is 15.0 Å². The second-order valence-corrected chi connectivity index (χ2v) is 8.34. The van der Waals surface area contributed by atoms with Crippen LogP contribution in [-0.4, -0.2) is 33.6 Å². The number of ether oxygens (including phenoxy) is 1. The summed E-state index contributed by atoms with van der Waals surface area (Å²) in [6.45, 7) is 9.09. The lowest BCUT2D eigenvalue weighted by atomic mass is 9.95. The van der Waals surface area contributed by atoms with E-state index in [1.165, 1.54) is 12.8 Å². The molecule has 6 heteroatoms. The van der Waals surface area contributed by atoms with Crippen molar-refractivity contribution in [2.45, 2.75) is 52.2 Å². The number of rotatable bonds is 1. The molecule has 2 aliphatic rings. The van der Waals surface area contributed by atoms with Crippen molar-refractivity contribution < 1.29 is 9.15 Å². The molecule has 0 N–H and O–H groups in total. The zero-order valence-corrected chi connectivity index (χ0v) is 15.6. The van der Waals surface area contributed by atoms with E-state index in [0.717, 1.165) is 53.1 Å². The van der Waals surface area contributed by atoms with Crippen molar-refractivity contribution >= 4 is 28.0 Å². The third-order valence-corrected chi connectivity index (χ3v) is 5.56. The molecule has 6 nitrogen and oxygen atoms in total. The quantitative estimate of drug-likeness (QED) is 0.663. The van der Waals surface area contributed by atoms with Gasteiger partial charge >= 0.3 is 0 Å². The number of hydrogen-bond donors (Lipinski definition) is 0. The Bertz CT molecular complexity index is 994. The minimum atomic E-state index is -0.186. The van der Waals surface area contributed by atoms with E-state index in [-0.39, 0.29) is 5.60 Å². The van der Waals surface area contributed by atoms with Gasteiger partial charge in [0.25, 0.3) is 0 Å². The number of aromatic nitrogens is 3. The van der Waals surface area contributed by atoms with Crippen molar-refractivity contribution in [2.75, 3.05) is 18.0 Å². The van der Waals surface area contributed by atoms with Crippen LogP contribution in [0.15, 0.2) is 16.8 Å². The first kappa shape index (κ1) is 16.0. The largest absolute Gasteiger partial charge is 0.432 e. The Morgan fingerprint density at radius 2 is 2.15 bits per heavy atom. The first-order chi connectivity index (χ1) is 12.5. The van der Waals surface area contributed by atoms with Crippen LogP contribution in [0.2, 0.25) is 0 Å². The Balaban J connectivity index is 1.66. The molecule has 2 aliphatic heterocycles. The molecule has 3 aromatic heterocycles. The predicted octanol–water partition coefficient (Wildman–Crippen LogP) is 3.86. The fourth-order valence-corrected chi connectivity index (χ4v) is 4.18. The third kappa shape index (κ3) is 2.55. The van der Waals surface area contributed by atoms with E-state index in [4.69, 9.17) is 14.1 Å². The molecule has 0 aromatic carbocycles. The first-order valence-electron chi connectivity index (χ1n) is 9.45. The highest BCUT2D eigenvalue weighted by molar-refractivity contribution is 6.04. The van der Waals surface area contributed by atoms with Crippen LogP contribution < -0.4 is 4.90 Å². The Hall–Kier alpha value is -2.21. The highest BCUT2D eigenvalue weighted by Gasteiger charge is 2.29. The molecule has 0 saturated carbocycles. The normalized spacial score (nSPS) is 22.7. The molecule has 0 bridgehead atoms. The molecular formula is C20H24N4O2. The van der Waals surface area contributed by atoms with Crippen molar-refractivity contribution in [2.24, 2.45) is 5.92 Å². The standard InChI is InChI=1S/C20H24N4O2/c1-12-5-4-6-24(9-12)18-17-16(21-11-22-18)14-7-13-10-25-20(2,3)8-15(13)23-19(14)26-17/h7,11-12H,4-6,8-10H2,1-3H3/t12-/m0/s1. The van der Waals surface area contributed by atoms with Gasteiger partial charge < -0.3 is 14.1 Å². The summed E-state index contributed by atoms with van der Waals surface area (Å²) in [7, 11) is 0. The molecule has 5 rings (SSSR count). The minimum Gasteiger partial charge on any atom is -0.432 e. The molecule has 0 amide bonds. The summed E-state index contributed by atoms with van der Waals surface area (Å²) < 4.78 is 12.1. The van der Waals surface area contributed by atoms with Crippen LogP contribution in [-0.2, 0) is 17.8 Å². The van der Waals surface area contributed by atoms with Gasteiger partial charge in [-0.3, -0.25) is 0 Å². The van der Waals surface area contributed by atoms with Crippen LogP contribution in [0.25, 0.3) is 22.2 Å². The van der Waals surface area contributed by atoms with Crippen LogP contribution in [0.1, 0.15) is 44.9 Å². The molecule has 0 spiro atoms. The van der Waals surface area contributed by atoms with Gasteiger partial charge in [-0.2, -0.15) is 0 Å². The Kier molecular flexibility index (Phi) is 3.47. The lowest BCUT2D eigenvalue weighted by Gasteiger charge is -2.31. The van der Waals surface area contributed by atoms with Gasteiger partial charge in [-0.05, 0) is 38.7 Å². The number of pyridine rings is 1. The molecule has 1 atom stereocenters. The Morgan fingerprint density at radius 1 is 1.27 bits per heavy atom. The van der Waals surface area contributed by atoms with Crippen LogP contribution in [0.3, 0.4) is 0 Å². The fraction of sp³-hybridized carbons (Fsp3) is 0.550. The summed E-state index contributed by atoms with van der Waals surface area (Å²) in [5.74, 6) is 1.57. The summed E-state index contributed by atoms with van der Waals surface area (Å²) in [6, 6.07) is 2.13. The molecule has 0 aliphatic carbocycles. The van der Waals surface area contributed by atoms with Gasteiger partial charge in [-0.1, -0.05) is 6.92 Å². The molecule has 1 fully saturated rings. The van der Waals surface area contributed by atoms with Crippen molar-refractivity contribution in [3.05, 3.63) is 23.7 Å². The number of fused-ring (bicyclic) bond motifs is 4. The average Bonchev–Trinajstić information content (AvgIpc) is 2.96. The zero-order valence-electron chi connectivity index (χ0n) is 15.6. The van der Waals surface area contributed by atoms with E-state index in [0.29, 0.717) is 18.2 Å². The van der Waals surface area contributed by atoms with E-state index in [1.807, 2.05) is 0 Å². The van der Waals surface area contributed by atoms with Crippen molar-refractivity contribution in [3.8, 4) is 0 Å². The van der Waals surface area contributed by atoms with Gasteiger partial charge in [0.05, 0.1) is 23.3 Å². The van der Waals surface area contributed by atoms with Crippen molar-refractivity contribution in [3.63, 3.8) is 0 Å². The number of hydrogen-bond acceptors (Lipinski definition) is 6. The third-order valence-electron chi connectivity index (χ3n) is 5.56. The van der Waals surface area contributed by atoms with Crippen LogP contribution in [0.5, 0.6) is 0 Å². The maximum absolute atomic E-state index is 6.19. The first-order valence-corrected chi connectivity index (χ1v) is 9.45. The summed E-state index contributed by atoms with van der Waals surface area (Å²) in [5, 5.41) is 0.954. The Morgan fingerprint density at radius 3 is 3.00 bits per heavy atom. The number of anilines is 1. The van der Waals surface area contributed by atoms with E-state index >= 15 is 0 Å². The molecule has 1 saturated heterocycles. The van der Waals surface area contributed by atoms with Crippen molar-refractivity contribution in [1.82, 2.24) is 15.0 Å². The lowest BCUT2D eigenvalue weighted by Crippen LogP contribution is -2.34. The predicted molar refractivity (Wildman–Crippen MR) is 100 cm³/mol. The summed E-state index contributed by atoms with van der Waals surface area (Å²) >= 11 is 0. The van der Waals surface area contributed by atoms with Crippen LogP contribution in [0.4, 0.5) is 5.82 Å². The molecule has 136 valence electrons. The molecule has 26 heavy (non-hydrogen) atoms. The van der Waals surface area contributed by atoms with E-state index in [1.54, 1.807) is 6.33 Å². The fourth-order valence-electron chi connectivity index (χ4n) is 4.18. The number of furan rings is 1. The molecule has 5 heterocycles. The van der Waals surface area contributed by atoms with Crippen LogP contribution in [0, 0.1) is 5.92 Å². The number of nitrogens with zero attached hydrogens (tertiary/aromatic N) is 4. The summed E-state index contributed by atoms with van der Waals surface area (Å²) in [6.07, 6.45) is 4.89. The molecule has 0 radical (unpaired) electrons. The average molecular weight is 352 g/mol. The van der Waals surface area contributed by atoms with Crippen molar-refractivity contribution in [1.29, 1.82) is 0 Å². The smallest absolute Gasteiger partial charge is 0.229 e. The lowest BCUT2D eigenvalue weighted by molar-refractivity contribution is -0.0411.